The molecule has 3 aromatic heterocycles. The van der Waals surface area contributed by atoms with Gasteiger partial charge in [-0.15, -0.1) is 0 Å². The SMILES string of the molecule is CCOC(=O)c1cnn2ccc(N3OCCC3c3cc(F)cnc3C)nc12. The maximum atomic E-state index is 13.7. The van der Waals surface area contributed by atoms with Crippen molar-refractivity contribution in [2.75, 3.05) is 18.3 Å². The van der Waals surface area contributed by atoms with Gasteiger partial charge in [-0.05, 0) is 19.9 Å². The van der Waals surface area contributed by atoms with E-state index in [0.29, 0.717) is 24.5 Å². The summed E-state index contributed by atoms with van der Waals surface area (Å²) in [6.45, 7) is 4.30. The second-order valence-corrected chi connectivity index (χ2v) is 6.12. The minimum atomic E-state index is -0.485. The fourth-order valence-electron chi connectivity index (χ4n) is 3.17. The number of pyridine rings is 1. The molecule has 1 atom stereocenters. The van der Waals surface area contributed by atoms with Gasteiger partial charge >= 0.3 is 5.97 Å². The summed E-state index contributed by atoms with van der Waals surface area (Å²) in [5.41, 5.74) is 2.12. The van der Waals surface area contributed by atoms with E-state index in [4.69, 9.17) is 9.57 Å². The number of carbonyl (C=O) groups is 1. The number of aryl methyl sites for hydroxylation is 1. The van der Waals surface area contributed by atoms with Crippen LogP contribution in [0.2, 0.25) is 0 Å². The monoisotopic (exact) mass is 371 g/mol. The third kappa shape index (κ3) is 3.10. The molecule has 27 heavy (non-hydrogen) atoms. The van der Waals surface area contributed by atoms with Gasteiger partial charge in [0.05, 0.1) is 31.6 Å². The number of hydroxylamine groups is 1. The van der Waals surface area contributed by atoms with Crippen LogP contribution in [0.15, 0.2) is 30.7 Å². The number of nitrogens with zero attached hydrogens (tertiary/aromatic N) is 5. The molecule has 4 heterocycles. The summed E-state index contributed by atoms with van der Waals surface area (Å²) >= 11 is 0. The number of ether oxygens (including phenoxy) is 1. The Balaban J connectivity index is 1.73. The smallest absolute Gasteiger partial charge is 0.343 e. The Kier molecular flexibility index (Phi) is 4.44. The second-order valence-electron chi connectivity index (χ2n) is 6.12. The third-order valence-corrected chi connectivity index (χ3v) is 4.43. The molecule has 0 radical (unpaired) electrons. The van der Waals surface area contributed by atoms with Gasteiger partial charge in [-0.3, -0.25) is 9.82 Å². The van der Waals surface area contributed by atoms with Gasteiger partial charge < -0.3 is 4.74 Å². The predicted molar refractivity (Wildman–Crippen MR) is 93.7 cm³/mol. The highest BCUT2D eigenvalue weighted by molar-refractivity contribution is 5.95. The normalized spacial score (nSPS) is 16.9. The van der Waals surface area contributed by atoms with Crippen LogP contribution in [0, 0.1) is 12.7 Å². The molecule has 0 bridgehead atoms. The zero-order chi connectivity index (χ0) is 19.0. The molecular formula is C18H18FN5O3. The van der Waals surface area contributed by atoms with Gasteiger partial charge in [-0.1, -0.05) is 0 Å². The molecule has 1 fully saturated rings. The van der Waals surface area contributed by atoms with Crippen LogP contribution in [0.25, 0.3) is 5.65 Å². The molecule has 1 saturated heterocycles. The van der Waals surface area contributed by atoms with E-state index in [9.17, 15) is 9.18 Å². The van der Waals surface area contributed by atoms with Gasteiger partial charge in [0.1, 0.15) is 11.4 Å². The number of rotatable bonds is 4. The van der Waals surface area contributed by atoms with Crippen molar-refractivity contribution in [2.45, 2.75) is 26.3 Å². The van der Waals surface area contributed by atoms with Crippen LogP contribution in [0.4, 0.5) is 10.2 Å². The van der Waals surface area contributed by atoms with Crippen molar-refractivity contribution >= 4 is 17.4 Å². The van der Waals surface area contributed by atoms with Gasteiger partial charge in [-0.2, -0.15) is 5.10 Å². The average molecular weight is 371 g/mol. The van der Waals surface area contributed by atoms with Crippen LogP contribution in [-0.4, -0.2) is 38.8 Å². The van der Waals surface area contributed by atoms with Crippen molar-refractivity contribution < 1.29 is 18.8 Å². The first-order valence-electron chi connectivity index (χ1n) is 8.64. The first-order valence-corrected chi connectivity index (χ1v) is 8.64. The lowest BCUT2D eigenvalue weighted by Crippen LogP contribution is -2.23. The van der Waals surface area contributed by atoms with Gasteiger partial charge in [0, 0.05) is 29.9 Å². The first kappa shape index (κ1) is 17.3. The number of esters is 1. The Morgan fingerprint density at radius 3 is 3.11 bits per heavy atom. The molecule has 1 unspecified atom stereocenters. The van der Waals surface area contributed by atoms with Crippen LogP contribution in [-0.2, 0) is 9.57 Å². The Bertz CT molecular complexity index is 1010. The molecule has 1 aliphatic rings. The van der Waals surface area contributed by atoms with Crippen molar-refractivity contribution in [3.63, 3.8) is 0 Å². The fourth-order valence-corrected chi connectivity index (χ4v) is 3.17. The Morgan fingerprint density at radius 2 is 2.30 bits per heavy atom. The molecule has 0 spiro atoms. The number of hydrogen-bond donors (Lipinski definition) is 0. The summed E-state index contributed by atoms with van der Waals surface area (Å²) < 4.78 is 20.3. The Hall–Kier alpha value is -3.07. The van der Waals surface area contributed by atoms with Crippen molar-refractivity contribution in [3.05, 3.63) is 53.4 Å². The highest BCUT2D eigenvalue weighted by Gasteiger charge is 2.31. The van der Waals surface area contributed by atoms with E-state index >= 15 is 0 Å². The van der Waals surface area contributed by atoms with Crippen LogP contribution < -0.4 is 5.06 Å². The molecule has 4 rings (SSSR count). The summed E-state index contributed by atoms with van der Waals surface area (Å²) in [5, 5.41) is 5.76. The lowest BCUT2D eigenvalue weighted by Gasteiger charge is -2.24. The van der Waals surface area contributed by atoms with Crippen molar-refractivity contribution in [1.29, 1.82) is 0 Å². The number of fused-ring (bicyclic) bond motifs is 1. The summed E-state index contributed by atoms with van der Waals surface area (Å²) in [5.74, 6) is -0.382. The quantitative estimate of drug-likeness (QED) is 0.652. The maximum Gasteiger partial charge on any atom is 0.343 e. The largest absolute Gasteiger partial charge is 0.462 e. The number of carbonyl (C=O) groups excluding carboxylic acids is 1. The molecule has 1 aliphatic heterocycles. The van der Waals surface area contributed by atoms with Crippen molar-refractivity contribution in [3.8, 4) is 0 Å². The summed E-state index contributed by atoms with van der Waals surface area (Å²) in [4.78, 5) is 26.5. The average Bonchev–Trinajstić information content (AvgIpc) is 3.30. The molecule has 0 saturated carbocycles. The third-order valence-electron chi connectivity index (χ3n) is 4.43. The second kappa shape index (κ2) is 6.92. The van der Waals surface area contributed by atoms with Crippen LogP contribution in [0.3, 0.4) is 0 Å². The first-order chi connectivity index (χ1) is 13.1. The maximum absolute atomic E-state index is 13.7. The zero-order valence-electron chi connectivity index (χ0n) is 14.9. The number of anilines is 1. The summed E-state index contributed by atoms with van der Waals surface area (Å²) in [7, 11) is 0. The van der Waals surface area contributed by atoms with Crippen molar-refractivity contribution in [1.82, 2.24) is 19.6 Å². The summed E-state index contributed by atoms with van der Waals surface area (Å²) in [6, 6.07) is 2.97. The van der Waals surface area contributed by atoms with Gasteiger partial charge in [0.2, 0.25) is 0 Å². The van der Waals surface area contributed by atoms with Crippen LogP contribution in [0.1, 0.15) is 41.0 Å². The Morgan fingerprint density at radius 1 is 1.44 bits per heavy atom. The molecular weight excluding hydrogens is 353 g/mol. The fraction of sp³-hybridized carbons (Fsp3) is 0.333. The van der Waals surface area contributed by atoms with Gasteiger partial charge in [-0.25, -0.2) is 23.7 Å². The molecule has 9 heteroatoms. The molecule has 3 aromatic rings. The number of halogens is 1. The molecule has 8 nitrogen and oxygen atoms in total. The predicted octanol–water partition coefficient (Wildman–Crippen LogP) is 2.63. The van der Waals surface area contributed by atoms with E-state index in [2.05, 4.69) is 15.1 Å². The minimum absolute atomic E-state index is 0.225. The van der Waals surface area contributed by atoms with Crippen LogP contribution >= 0.6 is 0 Å². The number of aromatic nitrogens is 4. The molecule has 140 valence electrons. The van der Waals surface area contributed by atoms with E-state index in [1.54, 1.807) is 24.3 Å². The number of hydrogen-bond acceptors (Lipinski definition) is 7. The lowest BCUT2D eigenvalue weighted by molar-refractivity contribution is 0.0528. The standard InChI is InChI=1S/C18H18FN5O3/c1-3-26-18(25)14-10-21-23-6-4-16(22-17(14)23)24-15(5-7-27-24)13-8-12(19)9-20-11(13)2/h4,6,8-10,15H,3,5,7H2,1-2H3. The summed E-state index contributed by atoms with van der Waals surface area (Å²) in [6.07, 6.45) is 4.98. The molecule has 0 aromatic carbocycles. The van der Waals surface area contributed by atoms with Gasteiger partial charge in [0.25, 0.3) is 0 Å². The zero-order valence-corrected chi connectivity index (χ0v) is 14.9. The van der Waals surface area contributed by atoms with Crippen molar-refractivity contribution in [2.24, 2.45) is 0 Å². The molecule has 0 N–H and O–H groups in total. The molecule has 0 aliphatic carbocycles. The van der Waals surface area contributed by atoms with E-state index in [-0.39, 0.29) is 18.2 Å². The van der Waals surface area contributed by atoms with E-state index in [1.165, 1.54) is 23.0 Å². The van der Waals surface area contributed by atoms with E-state index < -0.39 is 11.8 Å². The van der Waals surface area contributed by atoms with E-state index in [1.807, 2.05) is 6.92 Å². The Labute approximate surface area is 154 Å². The minimum Gasteiger partial charge on any atom is -0.462 e. The van der Waals surface area contributed by atoms with Gasteiger partial charge in [0.15, 0.2) is 11.5 Å². The van der Waals surface area contributed by atoms with Crippen LogP contribution in [0.5, 0.6) is 0 Å². The highest BCUT2D eigenvalue weighted by atomic mass is 19.1. The molecule has 0 amide bonds. The van der Waals surface area contributed by atoms with E-state index in [0.717, 1.165) is 11.3 Å². The highest BCUT2D eigenvalue weighted by Crippen LogP contribution is 2.35. The topological polar surface area (TPSA) is 81.8 Å². The lowest BCUT2D eigenvalue weighted by atomic mass is 10.0.